The van der Waals surface area contributed by atoms with E-state index in [-0.39, 0.29) is 0 Å². The van der Waals surface area contributed by atoms with E-state index in [0.717, 1.165) is 22.3 Å². The van der Waals surface area contributed by atoms with Crippen molar-refractivity contribution in [1.82, 2.24) is 14.6 Å². The molecule has 0 bridgehead atoms. The summed E-state index contributed by atoms with van der Waals surface area (Å²) in [6, 6.07) is 10.3. The molecule has 3 rings (SSSR count). The minimum Gasteiger partial charge on any atom is -0.356 e. The molecule has 0 saturated carbocycles. The predicted octanol–water partition coefficient (Wildman–Crippen LogP) is 3.74. The SMILES string of the molecule is CC.Cc1cnc2sc(NCc3ccccc3)nn12. The second kappa shape index (κ2) is 6.33. The lowest BCUT2D eigenvalue weighted by atomic mass is 10.2. The van der Waals surface area contributed by atoms with Gasteiger partial charge in [0.2, 0.25) is 10.1 Å². The zero-order chi connectivity index (χ0) is 13.7. The second-order valence-electron chi connectivity index (χ2n) is 3.84. The number of anilines is 1. The third-order valence-electron chi connectivity index (χ3n) is 2.54. The van der Waals surface area contributed by atoms with Crippen molar-refractivity contribution in [2.24, 2.45) is 0 Å². The van der Waals surface area contributed by atoms with Gasteiger partial charge in [-0.2, -0.15) is 0 Å². The lowest BCUT2D eigenvalue weighted by Gasteiger charge is -2.01. The molecule has 0 saturated heterocycles. The fourth-order valence-electron chi connectivity index (χ4n) is 1.64. The minimum atomic E-state index is 0.788. The van der Waals surface area contributed by atoms with Crippen molar-refractivity contribution in [3.05, 3.63) is 47.8 Å². The van der Waals surface area contributed by atoms with Crippen LogP contribution in [-0.2, 0) is 6.54 Å². The first-order valence-corrected chi connectivity index (χ1v) is 7.23. The summed E-state index contributed by atoms with van der Waals surface area (Å²) in [7, 11) is 0. The maximum atomic E-state index is 4.45. The van der Waals surface area contributed by atoms with Crippen LogP contribution in [0.2, 0.25) is 0 Å². The van der Waals surface area contributed by atoms with Gasteiger partial charge in [-0.15, -0.1) is 5.10 Å². The molecule has 0 aliphatic carbocycles. The molecular weight excluding hydrogens is 256 g/mol. The van der Waals surface area contributed by atoms with Gasteiger partial charge in [-0.3, -0.25) is 0 Å². The Labute approximate surface area is 117 Å². The first kappa shape index (κ1) is 13.5. The molecule has 0 unspecified atom stereocenters. The fourth-order valence-corrected chi connectivity index (χ4v) is 2.46. The third-order valence-corrected chi connectivity index (χ3v) is 3.42. The molecule has 0 amide bonds. The molecule has 0 radical (unpaired) electrons. The summed E-state index contributed by atoms with van der Waals surface area (Å²) in [5.41, 5.74) is 2.31. The molecular formula is C14H18N4S. The van der Waals surface area contributed by atoms with E-state index in [0.29, 0.717) is 0 Å². The molecule has 19 heavy (non-hydrogen) atoms. The molecule has 2 aromatic heterocycles. The van der Waals surface area contributed by atoms with Crippen molar-refractivity contribution < 1.29 is 0 Å². The Balaban J connectivity index is 0.000000637. The number of aromatic nitrogens is 3. The van der Waals surface area contributed by atoms with Crippen LogP contribution in [0.3, 0.4) is 0 Å². The molecule has 3 aromatic rings. The highest BCUT2D eigenvalue weighted by Gasteiger charge is 2.06. The van der Waals surface area contributed by atoms with Gasteiger partial charge in [-0.05, 0) is 12.5 Å². The Morgan fingerprint density at radius 2 is 1.95 bits per heavy atom. The molecule has 0 spiro atoms. The molecule has 0 fully saturated rings. The zero-order valence-electron chi connectivity index (χ0n) is 11.4. The normalized spacial score (nSPS) is 10.1. The summed E-state index contributed by atoms with van der Waals surface area (Å²) in [6.45, 7) is 6.79. The fraction of sp³-hybridized carbons (Fsp3) is 0.286. The van der Waals surface area contributed by atoms with Gasteiger partial charge in [0.1, 0.15) is 0 Å². The van der Waals surface area contributed by atoms with Gasteiger partial charge in [0, 0.05) is 6.54 Å². The quantitative estimate of drug-likeness (QED) is 0.791. The van der Waals surface area contributed by atoms with Crippen LogP contribution >= 0.6 is 11.3 Å². The molecule has 0 atom stereocenters. The number of nitrogens with one attached hydrogen (secondary N) is 1. The van der Waals surface area contributed by atoms with Crippen LogP contribution < -0.4 is 5.32 Å². The molecule has 2 heterocycles. The molecule has 100 valence electrons. The van der Waals surface area contributed by atoms with E-state index < -0.39 is 0 Å². The van der Waals surface area contributed by atoms with Crippen molar-refractivity contribution in [1.29, 1.82) is 0 Å². The summed E-state index contributed by atoms with van der Waals surface area (Å²) < 4.78 is 1.86. The van der Waals surface area contributed by atoms with Crippen LogP contribution in [0, 0.1) is 6.92 Å². The number of rotatable bonds is 3. The van der Waals surface area contributed by atoms with Crippen molar-refractivity contribution in [2.75, 3.05) is 5.32 Å². The van der Waals surface area contributed by atoms with Crippen LogP contribution in [0.25, 0.3) is 4.96 Å². The number of hydrogen-bond acceptors (Lipinski definition) is 4. The number of fused-ring (bicyclic) bond motifs is 1. The standard InChI is InChI=1S/C12H12N4S.C2H6/c1-9-7-14-12-16(9)15-11(17-12)13-8-10-5-3-2-4-6-10;1-2/h2-7H,8H2,1H3,(H,13,15);1-2H3. The maximum absolute atomic E-state index is 4.45. The molecule has 0 aliphatic heterocycles. The van der Waals surface area contributed by atoms with Gasteiger partial charge >= 0.3 is 0 Å². The van der Waals surface area contributed by atoms with Crippen LogP contribution in [0.5, 0.6) is 0 Å². The van der Waals surface area contributed by atoms with E-state index in [1.165, 1.54) is 5.56 Å². The molecule has 1 N–H and O–H groups in total. The monoisotopic (exact) mass is 274 g/mol. The van der Waals surface area contributed by atoms with Crippen LogP contribution in [0.1, 0.15) is 25.1 Å². The van der Waals surface area contributed by atoms with Crippen molar-refractivity contribution in [2.45, 2.75) is 27.3 Å². The maximum Gasteiger partial charge on any atom is 0.214 e. The van der Waals surface area contributed by atoms with E-state index in [1.807, 2.05) is 49.7 Å². The summed E-state index contributed by atoms with van der Waals surface area (Å²) in [5, 5.41) is 8.66. The molecule has 4 nitrogen and oxygen atoms in total. The number of nitrogens with zero attached hydrogens (tertiary/aromatic N) is 3. The highest BCUT2D eigenvalue weighted by Crippen LogP contribution is 2.19. The molecule has 5 heteroatoms. The number of imidazole rings is 1. The second-order valence-corrected chi connectivity index (χ2v) is 4.80. The first-order valence-electron chi connectivity index (χ1n) is 6.42. The summed E-state index contributed by atoms with van der Waals surface area (Å²) in [5.74, 6) is 0. The summed E-state index contributed by atoms with van der Waals surface area (Å²) in [6.07, 6.45) is 1.83. The van der Waals surface area contributed by atoms with Crippen LogP contribution in [0.4, 0.5) is 5.13 Å². The van der Waals surface area contributed by atoms with E-state index in [2.05, 4.69) is 27.5 Å². The Hall–Kier alpha value is -1.88. The van der Waals surface area contributed by atoms with Crippen LogP contribution in [0.15, 0.2) is 36.5 Å². The number of hydrogen-bond donors (Lipinski definition) is 1. The Bertz CT molecular complexity index is 627. The lowest BCUT2D eigenvalue weighted by Crippen LogP contribution is -1.99. The first-order chi connectivity index (χ1) is 9.33. The smallest absolute Gasteiger partial charge is 0.214 e. The van der Waals surface area contributed by atoms with Crippen molar-refractivity contribution in [3.63, 3.8) is 0 Å². The van der Waals surface area contributed by atoms with Gasteiger partial charge < -0.3 is 5.32 Å². The van der Waals surface area contributed by atoms with E-state index >= 15 is 0 Å². The third kappa shape index (κ3) is 3.12. The largest absolute Gasteiger partial charge is 0.356 e. The molecule has 1 aromatic carbocycles. The number of benzene rings is 1. The van der Waals surface area contributed by atoms with Gasteiger partial charge in [-0.1, -0.05) is 55.5 Å². The van der Waals surface area contributed by atoms with E-state index in [1.54, 1.807) is 11.3 Å². The average molecular weight is 274 g/mol. The molecule has 0 aliphatic rings. The lowest BCUT2D eigenvalue weighted by molar-refractivity contribution is 0.924. The highest BCUT2D eigenvalue weighted by atomic mass is 32.1. The van der Waals surface area contributed by atoms with Crippen LogP contribution in [-0.4, -0.2) is 14.6 Å². The summed E-state index contributed by atoms with van der Waals surface area (Å²) >= 11 is 1.57. The average Bonchev–Trinajstić information content (AvgIpc) is 3.02. The predicted molar refractivity (Wildman–Crippen MR) is 80.7 cm³/mol. The Morgan fingerprint density at radius 3 is 2.63 bits per heavy atom. The van der Waals surface area contributed by atoms with Gasteiger partial charge in [0.15, 0.2) is 0 Å². The zero-order valence-corrected chi connectivity index (χ0v) is 12.2. The Morgan fingerprint density at radius 1 is 1.21 bits per heavy atom. The number of aryl methyl sites for hydroxylation is 1. The van der Waals surface area contributed by atoms with Gasteiger partial charge in [-0.25, -0.2) is 9.50 Å². The Kier molecular flexibility index (Phi) is 4.52. The van der Waals surface area contributed by atoms with E-state index in [4.69, 9.17) is 0 Å². The summed E-state index contributed by atoms with van der Waals surface area (Å²) in [4.78, 5) is 5.20. The highest BCUT2D eigenvalue weighted by molar-refractivity contribution is 7.20. The van der Waals surface area contributed by atoms with Crippen molar-refractivity contribution in [3.8, 4) is 0 Å². The minimum absolute atomic E-state index is 0.788. The van der Waals surface area contributed by atoms with Gasteiger partial charge in [0.25, 0.3) is 0 Å². The topological polar surface area (TPSA) is 42.2 Å². The van der Waals surface area contributed by atoms with E-state index in [9.17, 15) is 0 Å². The van der Waals surface area contributed by atoms with Crippen molar-refractivity contribution >= 4 is 21.4 Å². The van der Waals surface area contributed by atoms with Gasteiger partial charge in [0.05, 0.1) is 11.9 Å².